The van der Waals surface area contributed by atoms with E-state index in [0.29, 0.717) is 34.8 Å². The predicted molar refractivity (Wildman–Crippen MR) is 132 cm³/mol. The van der Waals surface area contributed by atoms with E-state index in [4.69, 9.17) is 14.2 Å². The number of nitrogens with zero attached hydrogens (tertiary/aromatic N) is 4. The smallest absolute Gasteiger partial charge is 0.237 e. The molecule has 10 heteroatoms. The van der Waals surface area contributed by atoms with E-state index in [0.717, 1.165) is 17.0 Å². The minimum Gasteiger partial charge on any atom is -0.494 e. The number of rotatable bonds is 8. The molecule has 0 fully saturated rings. The van der Waals surface area contributed by atoms with Gasteiger partial charge in [-0.1, -0.05) is 11.8 Å². The van der Waals surface area contributed by atoms with E-state index in [1.54, 1.807) is 30.6 Å². The van der Waals surface area contributed by atoms with E-state index < -0.39 is 5.25 Å². The highest BCUT2D eigenvalue weighted by Crippen LogP contribution is 2.35. The Morgan fingerprint density at radius 3 is 2.74 bits per heavy atom. The third-order valence-corrected chi connectivity index (χ3v) is 6.29. The van der Waals surface area contributed by atoms with Gasteiger partial charge in [0.15, 0.2) is 22.5 Å². The topological polar surface area (TPSA) is 100 Å². The summed E-state index contributed by atoms with van der Waals surface area (Å²) in [5.41, 5.74) is 2.30. The average Bonchev–Trinajstić information content (AvgIpc) is 3.52. The summed E-state index contributed by atoms with van der Waals surface area (Å²) in [6.07, 6.45) is 3.44. The first kappa shape index (κ1) is 22.7. The Hall–Kier alpha value is -4.05. The predicted octanol–water partition coefficient (Wildman–Crippen LogP) is 4.58. The van der Waals surface area contributed by atoms with E-state index in [-0.39, 0.29) is 12.7 Å². The van der Waals surface area contributed by atoms with Gasteiger partial charge in [-0.25, -0.2) is 0 Å². The van der Waals surface area contributed by atoms with Gasteiger partial charge in [0.05, 0.1) is 11.9 Å². The molecule has 1 atom stereocenters. The summed E-state index contributed by atoms with van der Waals surface area (Å²) in [5.74, 6) is 2.51. The van der Waals surface area contributed by atoms with Crippen LogP contribution in [0, 0.1) is 0 Å². The lowest BCUT2D eigenvalue weighted by molar-refractivity contribution is -0.115. The van der Waals surface area contributed by atoms with Crippen LogP contribution < -0.4 is 19.5 Å². The fraction of sp³-hybridized carbons (Fsp3) is 0.200. The van der Waals surface area contributed by atoms with Crippen molar-refractivity contribution in [2.75, 3.05) is 18.7 Å². The molecule has 35 heavy (non-hydrogen) atoms. The zero-order valence-electron chi connectivity index (χ0n) is 19.2. The standard InChI is InChI=1S/C25H23N5O4S/c1-3-32-20-9-7-19(8-10-20)30-23(17-5-4-12-26-14-17)28-29-25(30)35-16(2)24(31)27-18-6-11-21-22(13-18)34-15-33-21/h4-14,16H,3,15H2,1-2H3,(H,27,31). The third kappa shape index (κ3) is 4.92. The summed E-state index contributed by atoms with van der Waals surface area (Å²) in [7, 11) is 0. The molecule has 0 bridgehead atoms. The molecular formula is C25H23N5O4S. The number of aromatic nitrogens is 4. The van der Waals surface area contributed by atoms with Crippen molar-refractivity contribution in [2.45, 2.75) is 24.3 Å². The molecule has 0 radical (unpaired) electrons. The minimum absolute atomic E-state index is 0.168. The van der Waals surface area contributed by atoms with Crippen LogP contribution in [0.5, 0.6) is 17.2 Å². The first-order chi connectivity index (χ1) is 17.1. The monoisotopic (exact) mass is 489 g/mol. The Balaban J connectivity index is 1.40. The van der Waals surface area contributed by atoms with Crippen LogP contribution in [0.25, 0.3) is 17.1 Å². The molecule has 2 aromatic carbocycles. The fourth-order valence-electron chi connectivity index (χ4n) is 3.55. The van der Waals surface area contributed by atoms with Crippen molar-refractivity contribution in [1.82, 2.24) is 19.7 Å². The van der Waals surface area contributed by atoms with Gasteiger partial charge in [-0.15, -0.1) is 10.2 Å². The molecule has 0 saturated heterocycles. The molecule has 5 rings (SSSR count). The molecule has 0 spiro atoms. The normalized spacial score (nSPS) is 12.9. The lowest BCUT2D eigenvalue weighted by atomic mass is 10.2. The molecule has 1 N–H and O–H groups in total. The number of hydrogen-bond acceptors (Lipinski definition) is 8. The third-order valence-electron chi connectivity index (χ3n) is 5.25. The number of amides is 1. The van der Waals surface area contributed by atoms with Gasteiger partial charge in [-0.05, 0) is 62.4 Å². The largest absolute Gasteiger partial charge is 0.494 e. The quantitative estimate of drug-likeness (QED) is 0.359. The number of carbonyl (C=O) groups is 1. The van der Waals surface area contributed by atoms with E-state index >= 15 is 0 Å². The number of benzene rings is 2. The molecule has 4 aromatic rings. The van der Waals surface area contributed by atoms with Crippen molar-refractivity contribution in [1.29, 1.82) is 0 Å². The molecule has 1 aliphatic heterocycles. The van der Waals surface area contributed by atoms with Gasteiger partial charge in [-0.2, -0.15) is 0 Å². The molecule has 1 unspecified atom stereocenters. The number of fused-ring (bicyclic) bond motifs is 1. The molecule has 0 aliphatic carbocycles. The van der Waals surface area contributed by atoms with Crippen LogP contribution in [-0.2, 0) is 4.79 Å². The number of thioether (sulfide) groups is 1. The zero-order valence-corrected chi connectivity index (χ0v) is 20.0. The minimum atomic E-state index is -0.451. The van der Waals surface area contributed by atoms with Crippen LogP contribution in [0.3, 0.4) is 0 Å². The lowest BCUT2D eigenvalue weighted by Gasteiger charge is -2.14. The van der Waals surface area contributed by atoms with Crippen molar-refractivity contribution < 1.29 is 19.0 Å². The van der Waals surface area contributed by atoms with Crippen molar-refractivity contribution in [2.24, 2.45) is 0 Å². The number of carbonyl (C=O) groups excluding carboxylic acids is 1. The number of pyridine rings is 1. The van der Waals surface area contributed by atoms with Gasteiger partial charge in [0.2, 0.25) is 12.7 Å². The first-order valence-electron chi connectivity index (χ1n) is 11.1. The molecular weight excluding hydrogens is 466 g/mol. The van der Waals surface area contributed by atoms with E-state index in [2.05, 4.69) is 20.5 Å². The molecule has 3 heterocycles. The van der Waals surface area contributed by atoms with Gasteiger partial charge >= 0.3 is 0 Å². The summed E-state index contributed by atoms with van der Waals surface area (Å²) in [4.78, 5) is 17.2. The van der Waals surface area contributed by atoms with E-state index in [1.807, 2.05) is 54.8 Å². The molecule has 9 nitrogen and oxygen atoms in total. The van der Waals surface area contributed by atoms with Crippen LogP contribution in [0.1, 0.15) is 13.8 Å². The van der Waals surface area contributed by atoms with E-state index in [1.165, 1.54) is 11.8 Å². The maximum atomic E-state index is 13.0. The average molecular weight is 490 g/mol. The highest BCUT2D eigenvalue weighted by atomic mass is 32.2. The van der Waals surface area contributed by atoms with Gasteiger partial charge < -0.3 is 19.5 Å². The highest BCUT2D eigenvalue weighted by molar-refractivity contribution is 8.00. The maximum absolute atomic E-state index is 13.0. The molecule has 178 valence electrons. The zero-order chi connectivity index (χ0) is 24.2. The van der Waals surface area contributed by atoms with Crippen LogP contribution >= 0.6 is 11.8 Å². The van der Waals surface area contributed by atoms with Crippen LogP contribution in [0.2, 0.25) is 0 Å². The maximum Gasteiger partial charge on any atom is 0.237 e. The second kappa shape index (κ2) is 10.1. The Morgan fingerprint density at radius 1 is 1.14 bits per heavy atom. The Labute approximate surface area is 206 Å². The second-order valence-corrected chi connectivity index (χ2v) is 8.94. The SMILES string of the molecule is CCOc1ccc(-n2c(SC(C)C(=O)Nc3ccc4c(c3)OCO4)nnc2-c2cccnc2)cc1. The van der Waals surface area contributed by atoms with Crippen LogP contribution in [0.15, 0.2) is 72.1 Å². The van der Waals surface area contributed by atoms with E-state index in [9.17, 15) is 4.79 Å². The van der Waals surface area contributed by atoms with Gasteiger partial charge in [0, 0.05) is 35.4 Å². The molecule has 1 aliphatic rings. The first-order valence-corrected chi connectivity index (χ1v) is 12.0. The van der Waals surface area contributed by atoms with Crippen molar-refractivity contribution in [3.63, 3.8) is 0 Å². The van der Waals surface area contributed by atoms with Crippen LogP contribution in [-0.4, -0.2) is 44.3 Å². The number of anilines is 1. The van der Waals surface area contributed by atoms with Crippen molar-refractivity contribution in [3.05, 3.63) is 67.0 Å². The number of nitrogens with one attached hydrogen (secondary N) is 1. The lowest BCUT2D eigenvalue weighted by Crippen LogP contribution is -2.22. The van der Waals surface area contributed by atoms with Gasteiger partial charge in [-0.3, -0.25) is 14.3 Å². The summed E-state index contributed by atoms with van der Waals surface area (Å²) >= 11 is 1.32. The molecule has 1 amide bonds. The Kier molecular flexibility index (Phi) is 6.53. The fourth-order valence-corrected chi connectivity index (χ4v) is 4.42. The van der Waals surface area contributed by atoms with Crippen molar-refractivity contribution >= 4 is 23.4 Å². The molecule has 2 aromatic heterocycles. The second-order valence-electron chi connectivity index (χ2n) is 7.63. The summed E-state index contributed by atoms with van der Waals surface area (Å²) in [6.45, 7) is 4.54. The Morgan fingerprint density at radius 2 is 1.97 bits per heavy atom. The number of hydrogen-bond donors (Lipinski definition) is 1. The summed E-state index contributed by atoms with van der Waals surface area (Å²) < 4.78 is 18.2. The summed E-state index contributed by atoms with van der Waals surface area (Å²) in [5, 5.41) is 11.9. The van der Waals surface area contributed by atoms with Crippen LogP contribution in [0.4, 0.5) is 5.69 Å². The van der Waals surface area contributed by atoms with Gasteiger partial charge in [0.1, 0.15) is 5.75 Å². The molecule has 0 saturated carbocycles. The highest BCUT2D eigenvalue weighted by Gasteiger charge is 2.23. The number of ether oxygens (including phenoxy) is 3. The van der Waals surface area contributed by atoms with Gasteiger partial charge in [0.25, 0.3) is 0 Å². The Bertz CT molecular complexity index is 1330. The summed E-state index contributed by atoms with van der Waals surface area (Å²) in [6, 6.07) is 16.8. The van der Waals surface area contributed by atoms with Crippen molar-refractivity contribution in [3.8, 4) is 34.3 Å².